The number of ether oxygens (including phenoxy) is 1. The van der Waals surface area contributed by atoms with Crippen molar-refractivity contribution in [3.63, 3.8) is 0 Å². The van der Waals surface area contributed by atoms with Crippen LogP contribution in [0.2, 0.25) is 0 Å². The van der Waals surface area contributed by atoms with Gasteiger partial charge >= 0.3 is 5.97 Å². The van der Waals surface area contributed by atoms with E-state index in [9.17, 15) is 4.79 Å². The molecule has 1 atom stereocenters. The Labute approximate surface area is 120 Å². The van der Waals surface area contributed by atoms with Crippen molar-refractivity contribution in [2.24, 2.45) is 11.3 Å². The first-order valence-electron chi connectivity index (χ1n) is 6.66. The summed E-state index contributed by atoms with van der Waals surface area (Å²) in [5.74, 6) is 0.488. The molecule has 0 aliphatic rings. The van der Waals surface area contributed by atoms with E-state index in [1.165, 1.54) is 5.57 Å². The maximum absolute atomic E-state index is 11.6. The summed E-state index contributed by atoms with van der Waals surface area (Å²) < 4.78 is 5.26. The van der Waals surface area contributed by atoms with E-state index < -0.39 is 0 Å². The monoisotopic (exact) mass is 318 g/mol. The van der Waals surface area contributed by atoms with Gasteiger partial charge < -0.3 is 4.74 Å². The summed E-state index contributed by atoms with van der Waals surface area (Å²) in [6.07, 6.45) is 5.47. The van der Waals surface area contributed by atoms with Crippen LogP contribution in [0.5, 0.6) is 0 Å². The average molecular weight is 319 g/mol. The summed E-state index contributed by atoms with van der Waals surface area (Å²) >= 11 is 3.43. The van der Waals surface area contributed by atoms with Crippen molar-refractivity contribution < 1.29 is 9.53 Å². The first-order valence-corrected chi connectivity index (χ1v) is 7.78. The smallest absolute Gasteiger partial charge is 0.311 e. The fraction of sp³-hybridized carbons (Fsp3) is 0.800. The van der Waals surface area contributed by atoms with Crippen molar-refractivity contribution in [2.45, 2.75) is 53.9 Å². The van der Waals surface area contributed by atoms with Crippen molar-refractivity contribution in [3.8, 4) is 0 Å². The Kier molecular flexibility index (Phi) is 8.58. The lowest BCUT2D eigenvalue weighted by Crippen LogP contribution is -2.23. The van der Waals surface area contributed by atoms with Crippen LogP contribution in [-0.4, -0.2) is 17.9 Å². The van der Waals surface area contributed by atoms with Crippen molar-refractivity contribution in [2.75, 3.05) is 11.9 Å². The van der Waals surface area contributed by atoms with Crippen molar-refractivity contribution in [1.82, 2.24) is 0 Å². The summed E-state index contributed by atoms with van der Waals surface area (Å²) in [6.45, 7) is 10.5. The zero-order valence-corrected chi connectivity index (χ0v) is 14.0. The topological polar surface area (TPSA) is 26.3 Å². The molecule has 0 aromatic rings. The van der Waals surface area contributed by atoms with E-state index in [2.05, 4.69) is 35.9 Å². The second-order valence-electron chi connectivity index (χ2n) is 6.04. The van der Waals surface area contributed by atoms with E-state index in [1.54, 1.807) is 0 Å². The van der Waals surface area contributed by atoms with Crippen LogP contribution < -0.4 is 0 Å². The van der Waals surface area contributed by atoms with Crippen LogP contribution in [0.25, 0.3) is 0 Å². The average Bonchev–Trinajstić information content (AvgIpc) is 2.27. The molecule has 0 heterocycles. The summed E-state index contributed by atoms with van der Waals surface area (Å²) in [4.78, 5) is 11.6. The van der Waals surface area contributed by atoms with E-state index >= 15 is 0 Å². The van der Waals surface area contributed by atoms with Crippen LogP contribution in [0.15, 0.2) is 11.6 Å². The Morgan fingerprint density at radius 1 is 1.33 bits per heavy atom. The first kappa shape index (κ1) is 17.7. The molecule has 0 bridgehead atoms. The number of hydrogen-bond acceptors (Lipinski definition) is 2. The molecular formula is C15H27BrO2. The number of halogens is 1. The minimum atomic E-state index is -0.390. The lowest BCUT2D eigenvalue weighted by atomic mass is 9.97. The number of esters is 1. The molecule has 0 aromatic heterocycles. The molecule has 0 aliphatic carbocycles. The molecule has 0 saturated heterocycles. The highest BCUT2D eigenvalue weighted by atomic mass is 79.9. The standard InChI is InChI=1S/C15H27BrO2/c1-12(7-6-8-13(2)11-16)9-10-18-14(17)15(3,4)5/h8,12H,6-7,9-11H2,1-5H3/b13-8+/t12-/m0/s1. The molecule has 3 heteroatoms. The second kappa shape index (κ2) is 8.73. The van der Waals surface area contributed by atoms with Gasteiger partial charge in [-0.25, -0.2) is 0 Å². The molecule has 0 radical (unpaired) electrons. The van der Waals surface area contributed by atoms with Gasteiger partial charge in [0.05, 0.1) is 12.0 Å². The summed E-state index contributed by atoms with van der Waals surface area (Å²) in [6, 6.07) is 0. The molecule has 0 amide bonds. The molecule has 0 aromatic carbocycles. The van der Waals surface area contributed by atoms with Crippen molar-refractivity contribution in [3.05, 3.63) is 11.6 Å². The fourth-order valence-corrected chi connectivity index (χ4v) is 1.61. The van der Waals surface area contributed by atoms with Crippen molar-refractivity contribution >= 4 is 21.9 Å². The highest BCUT2D eigenvalue weighted by Crippen LogP contribution is 2.17. The molecule has 0 N–H and O–H groups in total. The van der Waals surface area contributed by atoms with Gasteiger partial charge in [0.25, 0.3) is 0 Å². The fourth-order valence-electron chi connectivity index (χ4n) is 1.38. The van der Waals surface area contributed by atoms with Crippen LogP contribution in [-0.2, 0) is 9.53 Å². The number of carbonyl (C=O) groups excluding carboxylic acids is 1. The summed E-state index contributed by atoms with van der Waals surface area (Å²) in [7, 11) is 0. The molecule has 18 heavy (non-hydrogen) atoms. The van der Waals surface area contributed by atoms with E-state index in [0.29, 0.717) is 12.5 Å². The Morgan fingerprint density at radius 2 is 1.94 bits per heavy atom. The number of alkyl halides is 1. The predicted molar refractivity (Wildman–Crippen MR) is 81.0 cm³/mol. The second-order valence-corrected chi connectivity index (χ2v) is 6.60. The van der Waals surface area contributed by atoms with Crippen LogP contribution in [0.3, 0.4) is 0 Å². The highest BCUT2D eigenvalue weighted by Gasteiger charge is 2.22. The van der Waals surface area contributed by atoms with E-state index in [4.69, 9.17) is 4.74 Å². The van der Waals surface area contributed by atoms with Gasteiger partial charge in [-0.05, 0) is 52.9 Å². The van der Waals surface area contributed by atoms with Gasteiger partial charge in [-0.2, -0.15) is 0 Å². The lowest BCUT2D eigenvalue weighted by molar-refractivity contribution is -0.153. The van der Waals surface area contributed by atoms with E-state index in [0.717, 1.165) is 24.6 Å². The van der Waals surface area contributed by atoms with E-state index in [-0.39, 0.29) is 11.4 Å². The van der Waals surface area contributed by atoms with Crippen LogP contribution in [0.4, 0.5) is 0 Å². The molecule has 0 spiro atoms. The maximum Gasteiger partial charge on any atom is 0.311 e. The van der Waals surface area contributed by atoms with Gasteiger partial charge in [0, 0.05) is 5.33 Å². The van der Waals surface area contributed by atoms with Gasteiger partial charge in [-0.15, -0.1) is 0 Å². The third kappa shape index (κ3) is 8.73. The van der Waals surface area contributed by atoms with E-state index in [1.807, 2.05) is 20.8 Å². The van der Waals surface area contributed by atoms with Gasteiger partial charge in [-0.1, -0.05) is 34.5 Å². The van der Waals surface area contributed by atoms with Gasteiger partial charge in [-0.3, -0.25) is 4.79 Å². The minimum absolute atomic E-state index is 0.107. The maximum atomic E-state index is 11.6. The number of rotatable bonds is 7. The predicted octanol–water partition coefficient (Wildman–Crippen LogP) is 4.72. The Balaban J connectivity index is 3.72. The molecule has 2 nitrogen and oxygen atoms in total. The molecule has 0 saturated carbocycles. The Morgan fingerprint density at radius 3 is 2.44 bits per heavy atom. The Hall–Kier alpha value is -0.310. The van der Waals surface area contributed by atoms with Crippen LogP contribution in [0.1, 0.15) is 53.9 Å². The third-order valence-corrected chi connectivity index (χ3v) is 3.70. The van der Waals surface area contributed by atoms with Gasteiger partial charge in [0.15, 0.2) is 0 Å². The first-order chi connectivity index (χ1) is 8.27. The van der Waals surface area contributed by atoms with Crippen molar-refractivity contribution in [1.29, 1.82) is 0 Å². The molecule has 0 unspecified atom stereocenters. The third-order valence-electron chi connectivity index (χ3n) is 2.82. The zero-order valence-electron chi connectivity index (χ0n) is 12.4. The summed E-state index contributed by atoms with van der Waals surface area (Å²) in [5.41, 5.74) is 0.986. The normalized spacial score (nSPS) is 14.4. The molecule has 106 valence electrons. The van der Waals surface area contributed by atoms with Crippen LogP contribution in [0, 0.1) is 11.3 Å². The van der Waals surface area contributed by atoms with Gasteiger partial charge in [0.2, 0.25) is 0 Å². The number of carbonyl (C=O) groups is 1. The molecule has 0 aliphatic heterocycles. The SMILES string of the molecule is C/C(=C\CC[C@H](C)CCOC(=O)C(C)(C)C)CBr. The zero-order chi connectivity index (χ0) is 14.2. The number of hydrogen-bond donors (Lipinski definition) is 0. The Bertz CT molecular complexity index is 277. The largest absolute Gasteiger partial charge is 0.465 e. The molecular weight excluding hydrogens is 292 g/mol. The minimum Gasteiger partial charge on any atom is -0.465 e. The highest BCUT2D eigenvalue weighted by molar-refractivity contribution is 9.09. The molecule has 0 rings (SSSR count). The quantitative estimate of drug-likeness (QED) is 0.385. The summed E-state index contributed by atoms with van der Waals surface area (Å²) in [5, 5.41) is 0.949. The lowest BCUT2D eigenvalue weighted by Gasteiger charge is -2.17. The van der Waals surface area contributed by atoms with Crippen LogP contribution >= 0.6 is 15.9 Å². The van der Waals surface area contributed by atoms with Gasteiger partial charge in [0.1, 0.15) is 0 Å². The number of allylic oxidation sites excluding steroid dienone is 2. The molecule has 0 fully saturated rings.